The number of benzene rings is 2. The molecule has 150 valence electrons. The zero-order valence-electron chi connectivity index (χ0n) is 16.3. The maximum Gasteiger partial charge on any atom is 0.241 e. The van der Waals surface area contributed by atoms with E-state index >= 15 is 0 Å². The van der Waals surface area contributed by atoms with E-state index < -0.39 is 21.0 Å². The lowest BCUT2D eigenvalue weighted by Gasteiger charge is -2.40. The Hall–Kier alpha value is -1.89. The van der Waals surface area contributed by atoms with Crippen LogP contribution in [0.1, 0.15) is 45.6 Å². The van der Waals surface area contributed by atoms with Crippen LogP contribution in [0.4, 0.5) is 5.69 Å². The van der Waals surface area contributed by atoms with Gasteiger partial charge in [-0.05, 0) is 69.5 Å². The Morgan fingerprint density at radius 3 is 2.32 bits per heavy atom. The SMILES string of the molecule is CC(C)(C)NS(=O)(=O)c1cccc(NC(=O)C2(c3cccc(Cl)c3)CCC2)c1. The van der Waals surface area contributed by atoms with E-state index in [2.05, 4.69) is 10.0 Å². The van der Waals surface area contributed by atoms with Crippen molar-refractivity contribution >= 4 is 33.2 Å². The summed E-state index contributed by atoms with van der Waals surface area (Å²) in [6.07, 6.45) is 2.44. The topological polar surface area (TPSA) is 75.3 Å². The lowest BCUT2D eigenvalue weighted by molar-refractivity contribution is -0.124. The Labute approximate surface area is 171 Å². The van der Waals surface area contributed by atoms with E-state index in [1.807, 2.05) is 18.2 Å². The van der Waals surface area contributed by atoms with Crippen molar-refractivity contribution < 1.29 is 13.2 Å². The fourth-order valence-electron chi connectivity index (χ4n) is 3.42. The van der Waals surface area contributed by atoms with Gasteiger partial charge in [0.2, 0.25) is 15.9 Å². The molecule has 28 heavy (non-hydrogen) atoms. The molecule has 0 spiro atoms. The molecule has 0 bridgehead atoms. The van der Waals surface area contributed by atoms with Crippen LogP contribution in [0.25, 0.3) is 0 Å². The van der Waals surface area contributed by atoms with Crippen molar-refractivity contribution in [2.75, 3.05) is 5.32 Å². The summed E-state index contributed by atoms with van der Waals surface area (Å²) < 4.78 is 27.8. The normalized spacial score (nSPS) is 16.3. The number of halogens is 1. The average molecular weight is 421 g/mol. The van der Waals surface area contributed by atoms with Crippen LogP contribution in [-0.2, 0) is 20.2 Å². The fourth-order valence-corrected chi connectivity index (χ4v) is 5.07. The summed E-state index contributed by atoms with van der Waals surface area (Å²) in [5.41, 5.74) is 0.126. The first-order valence-corrected chi connectivity index (χ1v) is 11.1. The number of hydrogen-bond acceptors (Lipinski definition) is 3. The van der Waals surface area contributed by atoms with Crippen molar-refractivity contribution in [2.45, 2.75) is 55.9 Å². The molecule has 7 heteroatoms. The Morgan fingerprint density at radius 1 is 1.07 bits per heavy atom. The molecule has 0 radical (unpaired) electrons. The smallest absolute Gasteiger partial charge is 0.241 e. The van der Waals surface area contributed by atoms with Crippen LogP contribution in [-0.4, -0.2) is 19.9 Å². The maximum atomic E-state index is 13.1. The molecule has 1 fully saturated rings. The molecule has 2 N–H and O–H groups in total. The van der Waals surface area contributed by atoms with Gasteiger partial charge in [0.1, 0.15) is 0 Å². The molecule has 0 aromatic heterocycles. The van der Waals surface area contributed by atoms with E-state index in [-0.39, 0.29) is 10.8 Å². The summed E-state index contributed by atoms with van der Waals surface area (Å²) in [4.78, 5) is 13.2. The van der Waals surface area contributed by atoms with Crippen LogP contribution in [0.5, 0.6) is 0 Å². The third kappa shape index (κ3) is 4.40. The van der Waals surface area contributed by atoms with Gasteiger partial charge < -0.3 is 5.32 Å². The van der Waals surface area contributed by atoms with Crippen LogP contribution in [0.2, 0.25) is 5.02 Å². The summed E-state index contributed by atoms with van der Waals surface area (Å²) >= 11 is 6.12. The quantitative estimate of drug-likeness (QED) is 0.748. The first kappa shape index (κ1) is 20.8. The van der Waals surface area contributed by atoms with E-state index in [4.69, 9.17) is 11.6 Å². The van der Waals surface area contributed by atoms with Gasteiger partial charge in [0.25, 0.3) is 0 Å². The van der Waals surface area contributed by atoms with Crippen LogP contribution in [0.3, 0.4) is 0 Å². The van der Waals surface area contributed by atoms with Crippen molar-refractivity contribution in [1.82, 2.24) is 4.72 Å². The summed E-state index contributed by atoms with van der Waals surface area (Å²) in [7, 11) is -3.68. The number of nitrogens with one attached hydrogen (secondary N) is 2. The second-order valence-corrected chi connectivity index (χ2v) is 10.4. The van der Waals surface area contributed by atoms with Crippen molar-refractivity contribution in [1.29, 1.82) is 0 Å². The Kier molecular flexibility index (Phi) is 5.58. The van der Waals surface area contributed by atoms with Gasteiger partial charge in [-0.25, -0.2) is 13.1 Å². The zero-order chi connectivity index (χ0) is 20.6. The third-order valence-corrected chi connectivity index (χ3v) is 6.85. The molecule has 0 saturated heterocycles. The van der Waals surface area contributed by atoms with Crippen molar-refractivity contribution in [3.63, 3.8) is 0 Å². The minimum absolute atomic E-state index is 0.116. The molecular weight excluding hydrogens is 396 g/mol. The largest absolute Gasteiger partial charge is 0.325 e. The van der Waals surface area contributed by atoms with Crippen molar-refractivity contribution in [3.8, 4) is 0 Å². The standard InChI is InChI=1S/C21H25ClN2O3S/c1-20(2,3)24-28(26,27)18-10-5-9-17(14-18)23-19(25)21(11-6-12-21)15-7-4-8-16(22)13-15/h4-5,7-10,13-14,24H,6,11-12H2,1-3H3,(H,23,25). The predicted octanol–water partition coefficient (Wildman–Crippen LogP) is 4.48. The summed E-state index contributed by atoms with van der Waals surface area (Å²) in [6.45, 7) is 5.34. The molecule has 1 aliphatic rings. The lowest BCUT2D eigenvalue weighted by atomic mass is 9.64. The molecule has 1 aliphatic carbocycles. The fraction of sp³-hybridized carbons (Fsp3) is 0.381. The third-order valence-electron chi connectivity index (χ3n) is 4.86. The molecule has 1 amide bonds. The summed E-state index contributed by atoms with van der Waals surface area (Å²) in [5.74, 6) is -0.139. The van der Waals surface area contributed by atoms with E-state index in [9.17, 15) is 13.2 Å². The highest BCUT2D eigenvalue weighted by molar-refractivity contribution is 7.89. The zero-order valence-corrected chi connectivity index (χ0v) is 17.8. The highest BCUT2D eigenvalue weighted by Gasteiger charge is 2.45. The molecule has 0 atom stereocenters. The van der Waals surface area contributed by atoms with Gasteiger partial charge in [0, 0.05) is 16.2 Å². The molecule has 0 unspecified atom stereocenters. The molecule has 3 rings (SSSR count). The molecule has 0 aliphatic heterocycles. The summed E-state index contributed by atoms with van der Waals surface area (Å²) in [5, 5.41) is 3.50. The lowest BCUT2D eigenvalue weighted by Crippen LogP contribution is -2.46. The van der Waals surface area contributed by atoms with Crippen LogP contribution < -0.4 is 10.0 Å². The maximum absolute atomic E-state index is 13.1. The molecule has 2 aromatic rings. The number of anilines is 1. The average Bonchev–Trinajstić information content (AvgIpc) is 2.52. The second kappa shape index (κ2) is 7.50. The van der Waals surface area contributed by atoms with Gasteiger partial charge in [0.15, 0.2) is 0 Å². The monoisotopic (exact) mass is 420 g/mol. The molecular formula is C21H25ClN2O3S. The van der Waals surface area contributed by atoms with Crippen LogP contribution in [0.15, 0.2) is 53.4 Å². The molecule has 1 saturated carbocycles. The number of amides is 1. The minimum Gasteiger partial charge on any atom is -0.325 e. The number of hydrogen-bond donors (Lipinski definition) is 2. The van der Waals surface area contributed by atoms with Gasteiger partial charge in [-0.15, -0.1) is 0 Å². The minimum atomic E-state index is -3.68. The Morgan fingerprint density at radius 2 is 1.75 bits per heavy atom. The number of rotatable bonds is 5. The highest BCUT2D eigenvalue weighted by Crippen LogP contribution is 2.45. The summed E-state index contributed by atoms with van der Waals surface area (Å²) in [6, 6.07) is 13.7. The van der Waals surface area contributed by atoms with Gasteiger partial charge >= 0.3 is 0 Å². The van der Waals surface area contributed by atoms with Crippen molar-refractivity contribution in [3.05, 3.63) is 59.1 Å². The van der Waals surface area contributed by atoms with E-state index in [0.29, 0.717) is 10.7 Å². The number of carbonyl (C=O) groups is 1. The number of sulfonamides is 1. The Bertz CT molecular complexity index is 993. The van der Waals surface area contributed by atoms with Crippen LogP contribution in [0, 0.1) is 0 Å². The van der Waals surface area contributed by atoms with E-state index in [1.54, 1.807) is 39.0 Å². The molecule has 2 aromatic carbocycles. The predicted molar refractivity (Wildman–Crippen MR) is 112 cm³/mol. The highest BCUT2D eigenvalue weighted by atomic mass is 35.5. The van der Waals surface area contributed by atoms with E-state index in [1.165, 1.54) is 12.1 Å². The van der Waals surface area contributed by atoms with Crippen LogP contribution >= 0.6 is 11.6 Å². The van der Waals surface area contributed by atoms with Gasteiger partial charge in [-0.3, -0.25) is 4.79 Å². The van der Waals surface area contributed by atoms with Crippen molar-refractivity contribution in [2.24, 2.45) is 0 Å². The van der Waals surface area contributed by atoms with Gasteiger partial charge in [0.05, 0.1) is 10.3 Å². The van der Waals surface area contributed by atoms with Gasteiger partial charge in [-0.1, -0.05) is 36.2 Å². The second-order valence-electron chi connectivity index (χ2n) is 8.28. The molecule has 0 heterocycles. The number of carbonyl (C=O) groups excluding carboxylic acids is 1. The first-order valence-electron chi connectivity index (χ1n) is 9.23. The van der Waals surface area contributed by atoms with E-state index in [0.717, 1.165) is 24.8 Å². The Balaban J connectivity index is 1.85. The first-order chi connectivity index (χ1) is 13.0. The molecule has 5 nitrogen and oxygen atoms in total. The van der Waals surface area contributed by atoms with Gasteiger partial charge in [-0.2, -0.15) is 0 Å².